The Hall–Kier alpha value is -1.30. The monoisotopic (exact) mass is 271 g/mol. The summed E-state index contributed by atoms with van der Waals surface area (Å²) in [5.74, 6) is 0.886. The minimum Gasteiger partial charge on any atom is -0.368 e. The molecule has 0 spiro atoms. The first-order valence-electron chi connectivity index (χ1n) is 6.16. The molecule has 2 N–H and O–H groups in total. The van der Waals surface area contributed by atoms with E-state index < -0.39 is 10.0 Å². The molecule has 18 heavy (non-hydrogen) atoms. The molecule has 0 bridgehead atoms. The van der Waals surface area contributed by atoms with Crippen molar-refractivity contribution in [3.63, 3.8) is 0 Å². The van der Waals surface area contributed by atoms with Crippen LogP contribution in [0.25, 0.3) is 0 Å². The molecule has 0 aliphatic carbocycles. The Kier molecular flexibility index (Phi) is 5.40. The van der Waals surface area contributed by atoms with Crippen LogP contribution in [0.15, 0.2) is 18.3 Å². The van der Waals surface area contributed by atoms with Gasteiger partial charge in [-0.25, -0.2) is 13.4 Å². The Balaban J connectivity index is 2.63. The fourth-order valence-electron chi connectivity index (χ4n) is 1.40. The summed E-state index contributed by atoms with van der Waals surface area (Å²) in [4.78, 5) is 4.15. The van der Waals surface area contributed by atoms with E-state index in [9.17, 15) is 8.42 Å². The van der Waals surface area contributed by atoms with Crippen LogP contribution >= 0.6 is 0 Å². The minimum atomic E-state index is -3.24. The molecule has 0 amide bonds. The quantitative estimate of drug-likeness (QED) is 0.799. The SMILES string of the molecule is CCCCS(=O)(=O)Nc1ccc(NC(C)C)nc1. The van der Waals surface area contributed by atoms with Crippen LogP contribution in [0.5, 0.6) is 0 Å². The number of hydrogen-bond donors (Lipinski definition) is 2. The molecule has 0 saturated carbocycles. The van der Waals surface area contributed by atoms with Crippen LogP contribution in [0.2, 0.25) is 0 Å². The molecule has 1 rings (SSSR count). The van der Waals surface area contributed by atoms with Crippen LogP contribution in [-0.2, 0) is 10.0 Å². The molecule has 0 aliphatic rings. The predicted octanol–water partition coefficient (Wildman–Crippen LogP) is 2.44. The van der Waals surface area contributed by atoms with E-state index in [-0.39, 0.29) is 5.75 Å². The van der Waals surface area contributed by atoms with Gasteiger partial charge in [0.1, 0.15) is 5.82 Å². The molecule has 0 aromatic carbocycles. The number of aromatic nitrogens is 1. The number of rotatable bonds is 7. The molecular formula is C12H21N3O2S. The van der Waals surface area contributed by atoms with E-state index in [2.05, 4.69) is 15.0 Å². The first-order chi connectivity index (χ1) is 8.43. The van der Waals surface area contributed by atoms with Gasteiger partial charge in [0.25, 0.3) is 0 Å². The standard InChI is InChI=1S/C12H21N3O2S/c1-4-5-8-18(16,17)15-11-6-7-12(13-9-11)14-10(2)3/h6-7,9-10,15H,4-5,8H2,1-3H3,(H,13,14). The molecule has 0 saturated heterocycles. The van der Waals surface area contributed by atoms with Gasteiger partial charge in [0.05, 0.1) is 17.6 Å². The van der Waals surface area contributed by atoms with Gasteiger partial charge in [-0.05, 0) is 32.4 Å². The molecule has 0 atom stereocenters. The number of nitrogens with zero attached hydrogens (tertiary/aromatic N) is 1. The van der Waals surface area contributed by atoms with Crippen molar-refractivity contribution in [1.29, 1.82) is 0 Å². The molecule has 0 aliphatic heterocycles. The lowest BCUT2D eigenvalue weighted by Crippen LogP contribution is -2.17. The largest absolute Gasteiger partial charge is 0.368 e. The van der Waals surface area contributed by atoms with Gasteiger partial charge in [-0.3, -0.25) is 4.72 Å². The van der Waals surface area contributed by atoms with Crippen LogP contribution in [-0.4, -0.2) is 25.2 Å². The van der Waals surface area contributed by atoms with E-state index in [0.717, 1.165) is 12.2 Å². The summed E-state index contributed by atoms with van der Waals surface area (Å²) in [5, 5.41) is 3.14. The maximum absolute atomic E-state index is 11.7. The average Bonchev–Trinajstić information content (AvgIpc) is 2.28. The Morgan fingerprint density at radius 2 is 2.06 bits per heavy atom. The van der Waals surface area contributed by atoms with Gasteiger partial charge in [-0.1, -0.05) is 13.3 Å². The molecule has 0 fully saturated rings. The Labute approximate surface area is 109 Å². The first-order valence-corrected chi connectivity index (χ1v) is 7.81. The van der Waals surface area contributed by atoms with Crippen LogP contribution in [0, 0.1) is 0 Å². The number of pyridine rings is 1. The molecule has 102 valence electrons. The number of sulfonamides is 1. The molecular weight excluding hydrogens is 250 g/mol. The Bertz CT molecular complexity index is 455. The minimum absolute atomic E-state index is 0.148. The summed E-state index contributed by atoms with van der Waals surface area (Å²) in [5.41, 5.74) is 0.500. The summed E-state index contributed by atoms with van der Waals surface area (Å²) in [6.45, 7) is 6.00. The maximum atomic E-state index is 11.7. The smallest absolute Gasteiger partial charge is 0.232 e. The van der Waals surface area contributed by atoms with E-state index in [1.807, 2.05) is 20.8 Å². The van der Waals surface area contributed by atoms with Crippen molar-refractivity contribution in [2.75, 3.05) is 15.8 Å². The van der Waals surface area contributed by atoms with Crippen LogP contribution in [0.1, 0.15) is 33.6 Å². The third-order valence-electron chi connectivity index (χ3n) is 2.24. The van der Waals surface area contributed by atoms with Crippen molar-refractivity contribution in [3.05, 3.63) is 18.3 Å². The lowest BCUT2D eigenvalue weighted by molar-refractivity contribution is 0.598. The van der Waals surface area contributed by atoms with Gasteiger partial charge in [0, 0.05) is 6.04 Å². The van der Waals surface area contributed by atoms with E-state index in [1.54, 1.807) is 12.1 Å². The van der Waals surface area contributed by atoms with Crippen LogP contribution in [0.3, 0.4) is 0 Å². The topological polar surface area (TPSA) is 71.1 Å². The maximum Gasteiger partial charge on any atom is 0.232 e. The lowest BCUT2D eigenvalue weighted by Gasteiger charge is -2.10. The molecule has 5 nitrogen and oxygen atoms in total. The molecule has 0 radical (unpaired) electrons. The second-order valence-electron chi connectivity index (χ2n) is 4.51. The van der Waals surface area contributed by atoms with E-state index in [4.69, 9.17) is 0 Å². The summed E-state index contributed by atoms with van der Waals surface area (Å²) in [6, 6.07) is 3.77. The average molecular weight is 271 g/mol. The van der Waals surface area contributed by atoms with Crippen LogP contribution < -0.4 is 10.0 Å². The van der Waals surface area contributed by atoms with Crippen molar-refractivity contribution in [1.82, 2.24) is 4.98 Å². The molecule has 1 aromatic heterocycles. The van der Waals surface area contributed by atoms with E-state index >= 15 is 0 Å². The summed E-state index contributed by atoms with van der Waals surface area (Å²) in [7, 11) is -3.24. The highest BCUT2D eigenvalue weighted by Crippen LogP contribution is 2.12. The zero-order valence-electron chi connectivity index (χ0n) is 11.1. The number of nitrogens with one attached hydrogen (secondary N) is 2. The second kappa shape index (κ2) is 6.58. The zero-order chi connectivity index (χ0) is 13.6. The lowest BCUT2D eigenvalue weighted by atomic mass is 10.3. The fourth-order valence-corrected chi connectivity index (χ4v) is 2.65. The van der Waals surface area contributed by atoms with Gasteiger partial charge < -0.3 is 5.32 Å². The van der Waals surface area contributed by atoms with Gasteiger partial charge in [0.2, 0.25) is 10.0 Å². The highest BCUT2D eigenvalue weighted by molar-refractivity contribution is 7.92. The second-order valence-corrected chi connectivity index (χ2v) is 6.35. The van der Waals surface area contributed by atoms with Crippen molar-refractivity contribution >= 4 is 21.5 Å². The normalized spacial score (nSPS) is 11.6. The summed E-state index contributed by atoms with van der Waals surface area (Å²) in [6.07, 6.45) is 3.04. The van der Waals surface area contributed by atoms with Crippen molar-refractivity contribution < 1.29 is 8.42 Å². The fraction of sp³-hybridized carbons (Fsp3) is 0.583. The third kappa shape index (κ3) is 5.35. The van der Waals surface area contributed by atoms with Crippen molar-refractivity contribution in [3.8, 4) is 0 Å². The molecule has 0 unspecified atom stereocenters. The van der Waals surface area contributed by atoms with E-state index in [1.165, 1.54) is 6.20 Å². The Morgan fingerprint density at radius 1 is 1.33 bits per heavy atom. The molecule has 1 aromatic rings. The van der Waals surface area contributed by atoms with Crippen LogP contribution in [0.4, 0.5) is 11.5 Å². The highest BCUT2D eigenvalue weighted by atomic mass is 32.2. The highest BCUT2D eigenvalue weighted by Gasteiger charge is 2.09. The summed E-state index contributed by atoms with van der Waals surface area (Å²) < 4.78 is 25.8. The van der Waals surface area contributed by atoms with Gasteiger partial charge in [-0.2, -0.15) is 0 Å². The van der Waals surface area contributed by atoms with Crippen molar-refractivity contribution in [2.45, 2.75) is 39.7 Å². The van der Waals surface area contributed by atoms with Gasteiger partial charge >= 0.3 is 0 Å². The zero-order valence-corrected chi connectivity index (χ0v) is 11.9. The number of unbranched alkanes of at least 4 members (excludes halogenated alkanes) is 1. The van der Waals surface area contributed by atoms with Gasteiger partial charge in [0.15, 0.2) is 0 Å². The van der Waals surface area contributed by atoms with E-state index in [0.29, 0.717) is 18.2 Å². The first kappa shape index (κ1) is 14.8. The number of hydrogen-bond acceptors (Lipinski definition) is 4. The number of anilines is 2. The van der Waals surface area contributed by atoms with Gasteiger partial charge in [-0.15, -0.1) is 0 Å². The summed E-state index contributed by atoms with van der Waals surface area (Å²) >= 11 is 0. The molecule has 1 heterocycles. The Morgan fingerprint density at radius 3 is 2.56 bits per heavy atom. The predicted molar refractivity (Wildman–Crippen MR) is 75.3 cm³/mol. The molecule has 6 heteroatoms. The van der Waals surface area contributed by atoms with Crippen molar-refractivity contribution in [2.24, 2.45) is 0 Å². The third-order valence-corrected chi connectivity index (χ3v) is 3.61.